The van der Waals surface area contributed by atoms with Crippen molar-refractivity contribution in [2.24, 2.45) is 0 Å². The van der Waals surface area contributed by atoms with Gasteiger partial charge in [0.15, 0.2) is 0 Å². The van der Waals surface area contributed by atoms with E-state index in [4.69, 9.17) is 11.6 Å². The van der Waals surface area contributed by atoms with Gasteiger partial charge in [-0.2, -0.15) is 0 Å². The van der Waals surface area contributed by atoms with Gasteiger partial charge in [0.05, 0.1) is 0 Å². The molecule has 0 aliphatic rings. The van der Waals surface area contributed by atoms with E-state index >= 15 is 0 Å². The van der Waals surface area contributed by atoms with Crippen molar-refractivity contribution >= 4 is 28.4 Å². The molecule has 1 heterocycles. The molecule has 0 unspecified atom stereocenters. The number of carbonyl (C=O) groups is 1. The Hall–Kier alpha value is -3.11. The minimum Gasteiger partial charge on any atom is -0.348 e. The van der Waals surface area contributed by atoms with Gasteiger partial charge in [-0.25, -0.2) is 4.39 Å². The van der Waals surface area contributed by atoms with E-state index in [1.54, 1.807) is 12.1 Å². The predicted molar refractivity (Wildman–Crippen MR) is 120 cm³/mol. The fourth-order valence-corrected chi connectivity index (χ4v) is 3.78. The number of aryl methyl sites for hydroxylation is 1. The van der Waals surface area contributed by atoms with Crippen molar-refractivity contribution < 1.29 is 9.18 Å². The Morgan fingerprint density at radius 1 is 0.967 bits per heavy atom. The molecule has 4 aromatic rings. The van der Waals surface area contributed by atoms with Crippen molar-refractivity contribution in [1.82, 2.24) is 9.88 Å². The Bertz CT molecular complexity index is 1210. The molecule has 0 bridgehead atoms. The molecule has 0 aliphatic heterocycles. The molecule has 30 heavy (non-hydrogen) atoms. The summed E-state index contributed by atoms with van der Waals surface area (Å²) in [5.41, 5.74) is 6.05. The molecule has 0 fully saturated rings. The van der Waals surface area contributed by atoms with Crippen molar-refractivity contribution in [2.45, 2.75) is 26.9 Å². The number of nitrogens with one attached hydrogen (secondary N) is 1. The average Bonchev–Trinajstić information content (AvgIpc) is 2.99. The van der Waals surface area contributed by atoms with Crippen LogP contribution in [0.5, 0.6) is 0 Å². The van der Waals surface area contributed by atoms with Crippen LogP contribution in [-0.4, -0.2) is 10.5 Å². The molecular weight excluding hydrogens is 399 g/mol. The average molecular weight is 421 g/mol. The fourth-order valence-electron chi connectivity index (χ4n) is 3.65. The highest BCUT2D eigenvalue weighted by Gasteiger charge is 2.14. The molecule has 0 spiro atoms. The first-order valence-corrected chi connectivity index (χ1v) is 10.2. The van der Waals surface area contributed by atoms with Gasteiger partial charge >= 0.3 is 0 Å². The lowest BCUT2D eigenvalue weighted by Crippen LogP contribution is -2.22. The third-order valence-electron chi connectivity index (χ3n) is 5.52. The van der Waals surface area contributed by atoms with Crippen LogP contribution in [0.3, 0.4) is 0 Å². The van der Waals surface area contributed by atoms with E-state index in [0.29, 0.717) is 12.1 Å². The molecule has 0 radical (unpaired) electrons. The van der Waals surface area contributed by atoms with Gasteiger partial charge in [-0.05, 0) is 73.0 Å². The van der Waals surface area contributed by atoms with Gasteiger partial charge in [0.2, 0.25) is 0 Å². The summed E-state index contributed by atoms with van der Waals surface area (Å²) in [6.07, 6.45) is 0. The van der Waals surface area contributed by atoms with Crippen molar-refractivity contribution in [1.29, 1.82) is 0 Å². The highest BCUT2D eigenvalue weighted by molar-refractivity contribution is 6.30. The standard InChI is InChI=1S/C25H22ClFN2O/c1-16-17(2)29(15-19-3-8-21(26)9-4-19)24-12-7-20(13-23(16)24)25(30)28-14-18-5-10-22(27)11-6-18/h3-13H,14-15H2,1-2H3,(H,28,30). The minimum atomic E-state index is -0.288. The maximum absolute atomic E-state index is 13.0. The Morgan fingerprint density at radius 2 is 1.63 bits per heavy atom. The predicted octanol–water partition coefficient (Wildman–Crippen LogP) is 6.03. The van der Waals surface area contributed by atoms with E-state index in [1.807, 2.05) is 42.5 Å². The SMILES string of the molecule is Cc1c(C)n(Cc2ccc(Cl)cc2)c2ccc(C(=O)NCc3ccc(F)cc3)cc12. The first kappa shape index (κ1) is 20.2. The van der Waals surface area contributed by atoms with Crippen molar-refractivity contribution in [3.05, 3.63) is 106 Å². The zero-order valence-electron chi connectivity index (χ0n) is 16.9. The second kappa shape index (κ2) is 8.33. The van der Waals surface area contributed by atoms with E-state index in [2.05, 4.69) is 23.7 Å². The zero-order valence-corrected chi connectivity index (χ0v) is 17.6. The Balaban J connectivity index is 1.57. The number of hydrogen-bond acceptors (Lipinski definition) is 1. The van der Waals surface area contributed by atoms with Crippen LogP contribution in [0.4, 0.5) is 4.39 Å². The second-order valence-electron chi connectivity index (χ2n) is 7.46. The number of fused-ring (bicyclic) bond motifs is 1. The summed E-state index contributed by atoms with van der Waals surface area (Å²) in [6.45, 7) is 5.27. The van der Waals surface area contributed by atoms with Crippen LogP contribution >= 0.6 is 11.6 Å². The van der Waals surface area contributed by atoms with Crippen LogP contribution in [0.25, 0.3) is 10.9 Å². The lowest BCUT2D eigenvalue weighted by Gasteiger charge is -2.10. The van der Waals surface area contributed by atoms with Gasteiger partial charge in [0.1, 0.15) is 5.82 Å². The summed E-state index contributed by atoms with van der Waals surface area (Å²) in [5, 5.41) is 4.69. The molecule has 0 aliphatic carbocycles. The third kappa shape index (κ3) is 4.10. The van der Waals surface area contributed by atoms with Crippen molar-refractivity contribution in [3.8, 4) is 0 Å². The largest absolute Gasteiger partial charge is 0.348 e. The summed E-state index contributed by atoms with van der Waals surface area (Å²) >= 11 is 6.00. The number of aromatic nitrogens is 1. The van der Waals surface area contributed by atoms with Crippen LogP contribution < -0.4 is 5.32 Å². The van der Waals surface area contributed by atoms with Crippen LogP contribution in [-0.2, 0) is 13.1 Å². The summed E-state index contributed by atoms with van der Waals surface area (Å²) in [6, 6.07) is 19.8. The fraction of sp³-hybridized carbons (Fsp3) is 0.160. The van der Waals surface area contributed by atoms with Crippen LogP contribution in [0.15, 0.2) is 66.7 Å². The minimum absolute atomic E-state index is 0.149. The lowest BCUT2D eigenvalue weighted by molar-refractivity contribution is 0.0951. The smallest absolute Gasteiger partial charge is 0.251 e. The van der Waals surface area contributed by atoms with Gasteiger partial charge in [0.25, 0.3) is 5.91 Å². The van der Waals surface area contributed by atoms with E-state index in [9.17, 15) is 9.18 Å². The Kier molecular flexibility index (Phi) is 5.60. The number of amides is 1. The maximum atomic E-state index is 13.0. The third-order valence-corrected chi connectivity index (χ3v) is 5.77. The first-order chi connectivity index (χ1) is 14.4. The topological polar surface area (TPSA) is 34.0 Å². The molecule has 0 atom stereocenters. The molecule has 1 aromatic heterocycles. The maximum Gasteiger partial charge on any atom is 0.251 e. The van der Waals surface area contributed by atoms with Gasteiger partial charge in [-0.15, -0.1) is 0 Å². The van der Waals surface area contributed by atoms with E-state index < -0.39 is 0 Å². The molecule has 4 rings (SSSR count). The number of rotatable bonds is 5. The number of carbonyl (C=O) groups excluding carboxylic acids is 1. The van der Waals surface area contributed by atoms with Crippen molar-refractivity contribution in [3.63, 3.8) is 0 Å². The first-order valence-electron chi connectivity index (χ1n) is 9.79. The number of nitrogens with zero attached hydrogens (tertiary/aromatic N) is 1. The van der Waals surface area contributed by atoms with Gasteiger partial charge in [0, 0.05) is 40.3 Å². The second-order valence-corrected chi connectivity index (χ2v) is 7.90. The molecule has 0 saturated heterocycles. The molecule has 3 nitrogen and oxygen atoms in total. The van der Waals surface area contributed by atoms with Crippen LogP contribution in [0.2, 0.25) is 5.02 Å². The quantitative estimate of drug-likeness (QED) is 0.420. The lowest BCUT2D eigenvalue weighted by atomic mass is 10.1. The molecule has 152 valence electrons. The summed E-state index contributed by atoms with van der Waals surface area (Å²) < 4.78 is 15.3. The zero-order chi connectivity index (χ0) is 21.3. The Labute approximate surface area is 180 Å². The van der Waals surface area contributed by atoms with E-state index in [-0.39, 0.29) is 11.7 Å². The molecule has 0 saturated carbocycles. The van der Waals surface area contributed by atoms with Gasteiger partial charge in [-0.3, -0.25) is 4.79 Å². The molecular formula is C25H22ClFN2O. The molecule has 3 aromatic carbocycles. The monoisotopic (exact) mass is 420 g/mol. The highest BCUT2D eigenvalue weighted by atomic mass is 35.5. The van der Waals surface area contributed by atoms with Crippen LogP contribution in [0, 0.1) is 19.7 Å². The van der Waals surface area contributed by atoms with Gasteiger partial charge < -0.3 is 9.88 Å². The summed E-state index contributed by atoms with van der Waals surface area (Å²) in [7, 11) is 0. The van der Waals surface area contributed by atoms with Gasteiger partial charge in [-0.1, -0.05) is 35.9 Å². The normalized spacial score (nSPS) is 11.1. The highest BCUT2D eigenvalue weighted by Crippen LogP contribution is 2.27. The molecule has 5 heteroatoms. The summed E-state index contributed by atoms with van der Waals surface area (Å²) in [4.78, 5) is 12.7. The van der Waals surface area contributed by atoms with E-state index in [1.165, 1.54) is 23.4 Å². The van der Waals surface area contributed by atoms with Crippen LogP contribution in [0.1, 0.15) is 32.7 Å². The number of halogens is 2. The summed E-state index contributed by atoms with van der Waals surface area (Å²) in [5.74, 6) is -0.437. The molecule has 1 N–H and O–H groups in total. The van der Waals surface area contributed by atoms with Crippen molar-refractivity contribution in [2.75, 3.05) is 0 Å². The number of benzene rings is 3. The molecule has 1 amide bonds. The number of hydrogen-bond donors (Lipinski definition) is 1. The Morgan fingerprint density at radius 3 is 2.33 bits per heavy atom. The van der Waals surface area contributed by atoms with E-state index in [0.717, 1.165) is 33.6 Å².